The zero-order valence-corrected chi connectivity index (χ0v) is 11.7. The molecule has 0 radical (unpaired) electrons. The monoisotopic (exact) mass is 274 g/mol. The second-order valence-electron chi connectivity index (χ2n) is 5.01. The molecule has 0 spiro atoms. The normalized spacial score (nSPS) is 17.4. The SMILES string of the molecule is CC(C)(NS(=O)(=O)c1ccsc1CN)C1CC1. The molecule has 0 unspecified atom stereocenters. The summed E-state index contributed by atoms with van der Waals surface area (Å²) >= 11 is 1.38. The first-order valence-electron chi connectivity index (χ1n) is 5.67. The molecule has 0 atom stereocenters. The summed E-state index contributed by atoms with van der Waals surface area (Å²) in [4.78, 5) is 1.04. The first kappa shape index (κ1) is 13.0. The number of hydrogen-bond acceptors (Lipinski definition) is 4. The zero-order chi connectivity index (χ0) is 12.7. The number of nitrogens with two attached hydrogens (primary N) is 1. The predicted molar refractivity (Wildman–Crippen MR) is 69.3 cm³/mol. The first-order chi connectivity index (χ1) is 7.87. The highest BCUT2D eigenvalue weighted by atomic mass is 32.2. The Kier molecular flexibility index (Phi) is 3.33. The molecule has 4 nitrogen and oxygen atoms in total. The summed E-state index contributed by atoms with van der Waals surface area (Å²) in [5.41, 5.74) is 5.18. The lowest BCUT2D eigenvalue weighted by atomic mass is 10.0. The largest absolute Gasteiger partial charge is 0.326 e. The van der Waals surface area contributed by atoms with E-state index in [2.05, 4.69) is 4.72 Å². The van der Waals surface area contributed by atoms with Crippen LogP contribution in [0, 0.1) is 5.92 Å². The summed E-state index contributed by atoms with van der Waals surface area (Å²) in [6, 6.07) is 1.62. The van der Waals surface area contributed by atoms with Gasteiger partial charge in [0.25, 0.3) is 0 Å². The zero-order valence-electron chi connectivity index (χ0n) is 10.1. The third-order valence-corrected chi connectivity index (χ3v) is 6.00. The molecule has 1 heterocycles. The van der Waals surface area contributed by atoms with Gasteiger partial charge in [-0.05, 0) is 44.1 Å². The van der Waals surface area contributed by atoms with Crippen LogP contribution < -0.4 is 10.5 Å². The van der Waals surface area contributed by atoms with Crippen LogP contribution in [0.15, 0.2) is 16.3 Å². The maximum absolute atomic E-state index is 12.3. The Morgan fingerprint density at radius 3 is 2.71 bits per heavy atom. The van der Waals surface area contributed by atoms with Crippen molar-refractivity contribution >= 4 is 21.4 Å². The smallest absolute Gasteiger partial charge is 0.242 e. The van der Waals surface area contributed by atoms with E-state index in [4.69, 9.17) is 5.73 Å². The predicted octanol–water partition coefficient (Wildman–Crippen LogP) is 1.67. The van der Waals surface area contributed by atoms with Crippen LogP contribution in [0.2, 0.25) is 0 Å². The van der Waals surface area contributed by atoms with Crippen molar-refractivity contribution in [3.63, 3.8) is 0 Å². The van der Waals surface area contributed by atoms with E-state index in [9.17, 15) is 8.42 Å². The fourth-order valence-electron chi connectivity index (χ4n) is 2.01. The van der Waals surface area contributed by atoms with Crippen molar-refractivity contribution in [3.8, 4) is 0 Å². The van der Waals surface area contributed by atoms with Crippen LogP contribution in [-0.4, -0.2) is 14.0 Å². The molecule has 1 aliphatic rings. The summed E-state index contributed by atoms with van der Waals surface area (Å²) < 4.78 is 27.3. The molecule has 0 bridgehead atoms. The van der Waals surface area contributed by atoms with Crippen molar-refractivity contribution in [1.82, 2.24) is 4.72 Å². The second kappa shape index (κ2) is 4.35. The molecule has 96 valence electrons. The highest BCUT2D eigenvalue weighted by Crippen LogP contribution is 2.40. The first-order valence-corrected chi connectivity index (χ1v) is 8.03. The van der Waals surface area contributed by atoms with E-state index in [1.54, 1.807) is 11.4 Å². The number of nitrogens with one attached hydrogen (secondary N) is 1. The second-order valence-corrected chi connectivity index (χ2v) is 7.67. The summed E-state index contributed by atoms with van der Waals surface area (Å²) in [6.45, 7) is 4.14. The molecule has 0 saturated heterocycles. The van der Waals surface area contributed by atoms with Gasteiger partial charge in [0, 0.05) is 17.0 Å². The summed E-state index contributed by atoms with van der Waals surface area (Å²) in [5.74, 6) is 0.456. The Balaban J connectivity index is 2.25. The van der Waals surface area contributed by atoms with Gasteiger partial charge < -0.3 is 5.73 Å². The highest BCUT2D eigenvalue weighted by Gasteiger charge is 2.41. The average molecular weight is 274 g/mol. The minimum atomic E-state index is -3.44. The molecular formula is C11H18N2O2S2. The molecular weight excluding hydrogens is 256 g/mol. The number of thiophene rings is 1. The Morgan fingerprint density at radius 2 is 2.18 bits per heavy atom. The maximum atomic E-state index is 12.3. The van der Waals surface area contributed by atoms with Gasteiger partial charge in [-0.15, -0.1) is 11.3 Å². The molecule has 1 aromatic rings. The van der Waals surface area contributed by atoms with Crippen LogP contribution in [0.4, 0.5) is 0 Å². The van der Waals surface area contributed by atoms with Crippen LogP contribution in [0.5, 0.6) is 0 Å². The molecule has 1 saturated carbocycles. The van der Waals surface area contributed by atoms with E-state index in [0.29, 0.717) is 15.7 Å². The standard InChI is InChI=1S/C11H18N2O2S2/c1-11(2,8-3-4-8)13-17(14,15)10-5-6-16-9(10)7-12/h5-6,8,13H,3-4,7,12H2,1-2H3. The topological polar surface area (TPSA) is 72.2 Å². The summed E-state index contributed by atoms with van der Waals surface area (Å²) in [6.07, 6.45) is 2.20. The van der Waals surface area contributed by atoms with E-state index in [-0.39, 0.29) is 12.1 Å². The Hall–Kier alpha value is -0.430. The molecule has 6 heteroatoms. The lowest BCUT2D eigenvalue weighted by molar-refractivity contribution is 0.400. The molecule has 2 rings (SSSR count). The van der Waals surface area contributed by atoms with Gasteiger partial charge in [-0.2, -0.15) is 0 Å². The Morgan fingerprint density at radius 1 is 1.53 bits per heavy atom. The van der Waals surface area contributed by atoms with Gasteiger partial charge in [-0.25, -0.2) is 13.1 Å². The van der Waals surface area contributed by atoms with Crippen molar-refractivity contribution in [2.45, 2.75) is 43.7 Å². The van der Waals surface area contributed by atoms with Crippen molar-refractivity contribution < 1.29 is 8.42 Å². The van der Waals surface area contributed by atoms with E-state index in [1.807, 2.05) is 13.8 Å². The molecule has 1 aliphatic carbocycles. The minimum absolute atomic E-state index is 0.262. The van der Waals surface area contributed by atoms with E-state index < -0.39 is 10.0 Å². The third kappa shape index (κ3) is 2.70. The van der Waals surface area contributed by atoms with Crippen molar-refractivity contribution in [3.05, 3.63) is 16.3 Å². The summed E-state index contributed by atoms with van der Waals surface area (Å²) in [7, 11) is -3.44. The lowest BCUT2D eigenvalue weighted by Gasteiger charge is -2.25. The van der Waals surface area contributed by atoms with Gasteiger partial charge in [-0.3, -0.25) is 0 Å². The molecule has 0 aromatic carbocycles. The van der Waals surface area contributed by atoms with Crippen molar-refractivity contribution in [2.24, 2.45) is 11.7 Å². The molecule has 1 aromatic heterocycles. The van der Waals surface area contributed by atoms with Crippen LogP contribution in [-0.2, 0) is 16.6 Å². The fourth-order valence-corrected chi connectivity index (χ4v) is 4.81. The third-order valence-electron chi connectivity index (χ3n) is 3.17. The van der Waals surface area contributed by atoms with Gasteiger partial charge in [0.2, 0.25) is 10.0 Å². The van der Waals surface area contributed by atoms with Gasteiger partial charge in [0.15, 0.2) is 0 Å². The van der Waals surface area contributed by atoms with Gasteiger partial charge in [-0.1, -0.05) is 0 Å². The number of sulfonamides is 1. The van der Waals surface area contributed by atoms with Crippen LogP contribution in [0.25, 0.3) is 0 Å². The average Bonchev–Trinajstić information content (AvgIpc) is 2.95. The Bertz CT molecular complexity index is 501. The van der Waals surface area contributed by atoms with Gasteiger partial charge >= 0.3 is 0 Å². The Labute approximate surface area is 106 Å². The van der Waals surface area contributed by atoms with Crippen LogP contribution >= 0.6 is 11.3 Å². The van der Waals surface area contributed by atoms with E-state index in [1.165, 1.54) is 11.3 Å². The van der Waals surface area contributed by atoms with Crippen molar-refractivity contribution in [2.75, 3.05) is 0 Å². The van der Waals surface area contributed by atoms with E-state index >= 15 is 0 Å². The van der Waals surface area contributed by atoms with Crippen LogP contribution in [0.1, 0.15) is 31.6 Å². The lowest BCUT2D eigenvalue weighted by Crippen LogP contribution is -2.45. The molecule has 3 N–H and O–H groups in total. The summed E-state index contributed by atoms with van der Waals surface area (Å²) in [5, 5.41) is 1.76. The van der Waals surface area contributed by atoms with Crippen LogP contribution in [0.3, 0.4) is 0 Å². The maximum Gasteiger partial charge on any atom is 0.242 e. The molecule has 0 aliphatic heterocycles. The molecule has 1 fully saturated rings. The minimum Gasteiger partial charge on any atom is -0.326 e. The van der Waals surface area contributed by atoms with Crippen molar-refractivity contribution in [1.29, 1.82) is 0 Å². The fraction of sp³-hybridized carbons (Fsp3) is 0.636. The molecule has 17 heavy (non-hydrogen) atoms. The van der Waals surface area contributed by atoms with E-state index in [0.717, 1.165) is 12.8 Å². The quantitative estimate of drug-likeness (QED) is 0.858. The molecule has 0 amide bonds. The number of rotatable bonds is 5. The highest BCUT2D eigenvalue weighted by molar-refractivity contribution is 7.89. The van der Waals surface area contributed by atoms with Gasteiger partial charge in [0.05, 0.1) is 4.90 Å². The van der Waals surface area contributed by atoms with Gasteiger partial charge in [0.1, 0.15) is 0 Å². The number of hydrogen-bond donors (Lipinski definition) is 2.